The van der Waals surface area contributed by atoms with E-state index in [9.17, 15) is 4.79 Å². The first-order valence-corrected chi connectivity index (χ1v) is 10.5. The lowest BCUT2D eigenvalue weighted by Gasteiger charge is -2.17. The molecule has 0 saturated carbocycles. The number of benzene rings is 2. The second-order valence-corrected chi connectivity index (χ2v) is 7.21. The Morgan fingerprint density at radius 3 is 2.42 bits per heavy atom. The van der Waals surface area contributed by atoms with Gasteiger partial charge in [0.2, 0.25) is 0 Å². The number of rotatable bonds is 10. The van der Waals surface area contributed by atoms with Gasteiger partial charge in [0.15, 0.2) is 6.10 Å². The van der Waals surface area contributed by atoms with Crippen LogP contribution in [0.4, 0.5) is 0 Å². The average molecular weight is 453 g/mol. The summed E-state index contributed by atoms with van der Waals surface area (Å²) in [4.78, 5) is 16.8. The summed E-state index contributed by atoms with van der Waals surface area (Å²) in [5.74, 6) is 1.79. The van der Waals surface area contributed by atoms with Gasteiger partial charge in [0.25, 0.3) is 5.91 Å². The molecule has 1 heterocycles. The van der Waals surface area contributed by atoms with Crippen LogP contribution >= 0.6 is 0 Å². The van der Waals surface area contributed by atoms with Gasteiger partial charge < -0.3 is 18.9 Å². The molecule has 8 nitrogen and oxygen atoms in total. The van der Waals surface area contributed by atoms with Gasteiger partial charge in [-0.2, -0.15) is 0 Å². The molecule has 2 aromatic carbocycles. The van der Waals surface area contributed by atoms with Gasteiger partial charge in [-0.15, -0.1) is 0 Å². The Labute approximate surface area is 193 Å². The maximum absolute atomic E-state index is 11.9. The summed E-state index contributed by atoms with van der Waals surface area (Å²) < 4.78 is 22.2. The maximum atomic E-state index is 11.9. The number of nitrogens with one attached hydrogen (secondary N) is 1. The number of nitrogens with zero attached hydrogens (tertiary/aromatic N) is 1. The van der Waals surface area contributed by atoms with E-state index in [0.717, 1.165) is 17.5 Å². The fourth-order valence-corrected chi connectivity index (χ4v) is 3.44. The van der Waals surface area contributed by atoms with Gasteiger partial charge in [0.05, 0.1) is 27.0 Å². The van der Waals surface area contributed by atoms with Crippen LogP contribution in [0.1, 0.15) is 19.8 Å². The fourth-order valence-electron chi connectivity index (χ4n) is 3.44. The van der Waals surface area contributed by atoms with Gasteiger partial charge in [0, 0.05) is 17.2 Å². The molecule has 0 aliphatic carbocycles. The van der Waals surface area contributed by atoms with Crippen LogP contribution in [0.3, 0.4) is 0 Å². The van der Waals surface area contributed by atoms with Crippen LogP contribution in [0.2, 0.25) is 0 Å². The Balaban J connectivity index is 2.01. The lowest BCUT2D eigenvalue weighted by molar-refractivity contribution is -0.136. The van der Waals surface area contributed by atoms with E-state index in [4.69, 9.17) is 29.1 Å². The summed E-state index contributed by atoms with van der Waals surface area (Å²) in [7, 11) is 4.78. The Morgan fingerprint density at radius 1 is 0.970 bits per heavy atom. The van der Waals surface area contributed by atoms with E-state index in [1.807, 2.05) is 43.3 Å². The van der Waals surface area contributed by atoms with Crippen LogP contribution < -0.4 is 24.4 Å². The molecule has 0 fully saturated rings. The number of methoxy groups -OCH3 is 3. The van der Waals surface area contributed by atoms with Crippen LogP contribution in [-0.2, 0) is 4.79 Å². The van der Waals surface area contributed by atoms with Crippen LogP contribution in [0, 0.1) is 0 Å². The molecular weight excluding hydrogens is 424 g/mol. The number of hydrogen-bond acceptors (Lipinski definition) is 7. The van der Waals surface area contributed by atoms with Crippen molar-refractivity contribution in [1.82, 2.24) is 10.5 Å². The minimum absolute atomic E-state index is 0.463. The third-order valence-electron chi connectivity index (χ3n) is 5.10. The third-order valence-corrected chi connectivity index (χ3v) is 5.10. The molecular formula is C25H28N2O6. The van der Waals surface area contributed by atoms with Gasteiger partial charge in [-0.3, -0.25) is 10.0 Å². The van der Waals surface area contributed by atoms with Crippen molar-refractivity contribution in [2.45, 2.75) is 25.9 Å². The predicted molar refractivity (Wildman–Crippen MR) is 124 cm³/mol. The number of pyridine rings is 1. The van der Waals surface area contributed by atoms with Crippen molar-refractivity contribution in [3.8, 4) is 45.5 Å². The van der Waals surface area contributed by atoms with Crippen LogP contribution in [0.15, 0.2) is 54.6 Å². The molecule has 0 saturated heterocycles. The molecule has 2 N–H and O–H groups in total. The van der Waals surface area contributed by atoms with Crippen molar-refractivity contribution in [3.63, 3.8) is 0 Å². The first-order chi connectivity index (χ1) is 16.0. The Morgan fingerprint density at radius 2 is 1.76 bits per heavy atom. The van der Waals surface area contributed by atoms with Crippen LogP contribution in [0.25, 0.3) is 22.5 Å². The molecule has 1 amide bonds. The maximum Gasteiger partial charge on any atom is 0.284 e. The smallest absolute Gasteiger partial charge is 0.284 e. The number of aromatic nitrogens is 1. The highest BCUT2D eigenvalue weighted by Gasteiger charge is 2.20. The van der Waals surface area contributed by atoms with Crippen LogP contribution in [0.5, 0.6) is 23.0 Å². The Kier molecular flexibility index (Phi) is 8.10. The van der Waals surface area contributed by atoms with E-state index < -0.39 is 12.0 Å². The zero-order valence-corrected chi connectivity index (χ0v) is 19.1. The number of amides is 1. The average Bonchev–Trinajstić information content (AvgIpc) is 2.87. The van der Waals surface area contributed by atoms with E-state index in [1.54, 1.807) is 45.0 Å². The van der Waals surface area contributed by atoms with Crippen molar-refractivity contribution in [1.29, 1.82) is 0 Å². The predicted octanol–water partition coefficient (Wildman–Crippen LogP) is 4.49. The number of ether oxygens (including phenoxy) is 4. The summed E-state index contributed by atoms with van der Waals surface area (Å²) in [5, 5.41) is 9.00. The summed E-state index contributed by atoms with van der Waals surface area (Å²) in [6.45, 7) is 1.94. The minimum Gasteiger partial charge on any atom is -0.497 e. The number of carbonyl (C=O) groups is 1. The summed E-state index contributed by atoms with van der Waals surface area (Å²) >= 11 is 0. The molecule has 1 atom stereocenters. The minimum atomic E-state index is -0.806. The summed E-state index contributed by atoms with van der Waals surface area (Å²) in [5.41, 5.74) is 4.52. The van der Waals surface area contributed by atoms with Crippen LogP contribution in [-0.4, -0.2) is 43.5 Å². The highest BCUT2D eigenvalue weighted by Crippen LogP contribution is 2.37. The normalized spacial score (nSPS) is 11.4. The van der Waals surface area contributed by atoms with Gasteiger partial charge in [-0.05, 0) is 42.8 Å². The second-order valence-electron chi connectivity index (χ2n) is 7.21. The van der Waals surface area contributed by atoms with Gasteiger partial charge in [-0.1, -0.05) is 25.5 Å². The Bertz CT molecular complexity index is 1100. The van der Waals surface area contributed by atoms with E-state index in [-0.39, 0.29) is 0 Å². The fraction of sp³-hybridized carbons (Fsp3) is 0.280. The number of hydrogen-bond donors (Lipinski definition) is 2. The number of carbonyl (C=O) groups excluding carboxylic acids is 1. The zero-order chi connectivity index (χ0) is 23.8. The molecule has 3 rings (SSSR count). The molecule has 0 spiro atoms. The van der Waals surface area contributed by atoms with Gasteiger partial charge >= 0.3 is 0 Å². The topological polar surface area (TPSA) is 99.1 Å². The first kappa shape index (κ1) is 23.9. The summed E-state index contributed by atoms with van der Waals surface area (Å²) in [6.07, 6.45) is 0.379. The van der Waals surface area contributed by atoms with E-state index in [2.05, 4.69) is 0 Å². The molecule has 8 heteroatoms. The third kappa shape index (κ3) is 5.53. The standard InChI is InChI=1S/C25H28N2O6/c1-5-7-22(25(28)27-29)33-18-9-6-8-16(14-18)24-21(31-3)13-12-20(26-24)19-11-10-17(30-2)15-23(19)32-4/h6,8-15,22,29H,5,7H2,1-4H3,(H,27,28). The molecule has 0 aliphatic rings. The SMILES string of the molecule is CCCC(Oc1cccc(-c2nc(-c3ccc(OC)cc3OC)ccc2OC)c1)C(=O)NO. The molecule has 0 bridgehead atoms. The van der Waals surface area contributed by atoms with Crippen molar-refractivity contribution in [3.05, 3.63) is 54.6 Å². The van der Waals surface area contributed by atoms with E-state index in [1.165, 1.54) is 0 Å². The molecule has 174 valence electrons. The molecule has 1 aromatic heterocycles. The highest BCUT2D eigenvalue weighted by atomic mass is 16.5. The lowest BCUT2D eigenvalue weighted by atomic mass is 10.1. The monoisotopic (exact) mass is 452 g/mol. The quantitative estimate of drug-likeness (QED) is 0.345. The molecule has 1 unspecified atom stereocenters. The van der Waals surface area contributed by atoms with E-state index in [0.29, 0.717) is 40.8 Å². The Hall–Kier alpha value is -3.78. The molecule has 0 aliphatic heterocycles. The largest absolute Gasteiger partial charge is 0.497 e. The van der Waals surface area contributed by atoms with Gasteiger partial charge in [-0.25, -0.2) is 10.5 Å². The van der Waals surface area contributed by atoms with Crippen molar-refractivity contribution >= 4 is 5.91 Å². The number of hydroxylamine groups is 1. The molecule has 0 radical (unpaired) electrons. The molecule has 33 heavy (non-hydrogen) atoms. The highest BCUT2D eigenvalue weighted by molar-refractivity contribution is 5.80. The molecule has 3 aromatic rings. The van der Waals surface area contributed by atoms with Crippen molar-refractivity contribution < 1.29 is 28.9 Å². The summed E-state index contributed by atoms with van der Waals surface area (Å²) in [6, 6.07) is 16.5. The van der Waals surface area contributed by atoms with E-state index >= 15 is 0 Å². The van der Waals surface area contributed by atoms with Crippen molar-refractivity contribution in [2.24, 2.45) is 0 Å². The van der Waals surface area contributed by atoms with Gasteiger partial charge in [0.1, 0.15) is 28.7 Å². The zero-order valence-electron chi connectivity index (χ0n) is 19.1. The second kappa shape index (κ2) is 11.2. The first-order valence-electron chi connectivity index (χ1n) is 10.5. The lowest BCUT2D eigenvalue weighted by Crippen LogP contribution is -2.36. The van der Waals surface area contributed by atoms with Crippen molar-refractivity contribution in [2.75, 3.05) is 21.3 Å².